The van der Waals surface area contributed by atoms with Gasteiger partial charge in [-0.1, -0.05) is 286 Å². The molecule has 0 spiro atoms. The molecule has 0 amide bonds. The van der Waals surface area contributed by atoms with E-state index < -0.39 is 0 Å². The maximum Gasteiger partial charge on any atom is 0.306 e. The Morgan fingerprint density at radius 3 is 0.906 bits per heavy atom. The van der Waals surface area contributed by atoms with Gasteiger partial charge >= 0.3 is 11.9 Å². The second-order valence-corrected chi connectivity index (χ2v) is 20.5. The van der Waals surface area contributed by atoms with Crippen LogP contribution in [-0.4, -0.2) is 24.6 Å². The molecule has 1 atom stereocenters. The van der Waals surface area contributed by atoms with Crippen LogP contribution in [0, 0.1) is 5.41 Å². The minimum absolute atomic E-state index is 0.0193. The van der Waals surface area contributed by atoms with Crippen LogP contribution in [0.3, 0.4) is 0 Å². The van der Waals surface area contributed by atoms with Gasteiger partial charge in [-0.2, -0.15) is 0 Å². The Balaban J connectivity index is 0. The van der Waals surface area contributed by atoms with Crippen LogP contribution in [0.2, 0.25) is 0 Å². The first-order chi connectivity index (χ1) is 31.4. The molecule has 0 N–H and O–H groups in total. The summed E-state index contributed by atoms with van der Waals surface area (Å²) in [5.41, 5.74) is 0.210. The second-order valence-electron chi connectivity index (χ2n) is 20.5. The smallest absolute Gasteiger partial charge is 0.306 e. The van der Waals surface area contributed by atoms with Gasteiger partial charge in [-0.25, -0.2) is 0 Å². The van der Waals surface area contributed by atoms with Crippen molar-refractivity contribution in [1.82, 2.24) is 0 Å². The highest BCUT2D eigenvalue weighted by Gasteiger charge is 2.27. The first-order valence-electron chi connectivity index (χ1n) is 29.7. The van der Waals surface area contributed by atoms with E-state index >= 15 is 0 Å². The normalized spacial score (nSPS) is 12.0. The summed E-state index contributed by atoms with van der Waals surface area (Å²) in [6, 6.07) is 0. The molecule has 0 saturated carbocycles. The van der Waals surface area contributed by atoms with Crippen LogP contribution in [-0.2, 0) is 19.1 Å². The number of carbonyl (C=O) groups excluding carboxylic acids is 2. The van der Waals surface area contributed by atoms with Crippen molar-refractivity contribution >= 4 is 11.9 Å². The minimum atomic E-state index is 0.0193. The number of unbranched alkanes of at least 4 members (excludes halogenated alkanes) is 36. The number of carbonyl (C=O) groups is 2. The lowest BCUT2D eigenvalue weighted by Crippen LogP contribution is -2.27. The molecule has 4 nitrogen and oxygen atoms in total. The topological polar surface area (TPSA) is 52.6 Å². The molecule has 0 aliphatic carbocycles. The van der Waals surface area contributed by atoms with E-state index in [0.29, 0.717) is 19.4 Å². The molecule has 0 aromatic carbocycles. The lowest BCUT2D eigenvalue weighted by molar-refractivity contribution is -0.150. The maximum absolute atomic E-state index is 12.5. The summed E-state index contributed by atoms with van der Waals surface area (Å²) in [6.07, 6.45) is 61.6. The summed E-state index contributed by atoms with van der Waals surface area (Å²) in [5, 5.41) is 0. The van der Waals surface area contributed by atoms with Gasteiger partial charge in [-0.3, -0.25) is 9.59 Å². The summed E-state index contributed by atoms with van der Waals surface area (Å²) in [4.78, 5) is 24.5. The van der Waals surface area contributed by atoms with Crippen molar-refractivity contribution in [3.63, 3.8) is 0 Å². The number of hydrogen-bond donors (Lipinski definition) is 0. The average Bonchev–Trinajstić information content (AvgIpc) is 3.30. The molecule has 0 bridgehead atoms. The predicted octanol–water partition coefficient (Wildman–Crippen LogP) is 21.3. The summed E-state index contributed by atoms with van der Waals surface area (Å²) in [7, 11) is 0. The molecule has 0 rings (SSSR count). The van der Waals surface area contributed by atoms with Crippen molar-refractivity contribution < 1.29 is 19.1 Å². The van der Waals surface area contributed by atoms with E-state index in [1.165, 1.54) is 257 Å². The minimum Gasteiger partial charge on any atom is -0.465 e. The van der Waals surface area contributed by atoms with Crippen LogP contribution in [0.5, 0.6) is 0 Å². The molecular weight excluding hydrogens is 785 g/mol. The van der Waals surface area contributed by atoms with Crippen molar-refractivity contribution in [3.05, 3.63) is 0 Å². The molecule has 0 radical (unpaired) electrons. The first kappa shape index (κ1) is 65.0. The highest BCUT2D eigenvalue weighted by atomic mass is 16.5. The third-order valence-corrected chi connectivity index (χ3v) is 14.4. The fourth-order valence-corrected chi connectivity index (χ4v) is 9.30. The Morgan fingerprint density at radius 2 is 0.594 bits per heavy atom. The highest BCUT2D eigenvalue weighted by Crippen LogP contribution is 2.33. The Labute approximate surface area is 404 Å². The van der Waals surface area contributed by atoms with Crippen LogP contribution >= 0.6 is 0 Å². The first-order valence-corrected chi connectivity index (χ1v) is 29.7. The summed E-state index contributed by atoms with van der Waals surface area (Å²) >= 11 is 0. The fourth-order valence-electron chi connectivity index (χ4n) is 9.30. The van der Waals surface area contributed by atoms with E-state index in [4.69, 9.17) is 9.47 Å². The van der Waals surface area contributed by atoms with Crippen LogP contribution in [0.25, 0.3) is 0 Å². The zero-order chi connectivity index (χ0) is 47.3. The van der Waals surface area contributed by atoms with Crippen LogP contribution in [0.1, 0.15) is 357 Å². The Bertz CT molecular complexity index is 896. The quantitative estimate of drug-likeness (QED) is 0.0451. The third kappa shape index (κ3) is 48.9. The van der Waals surface area contributed by atoms with Crippen LogP contribution < -0.4 is 0 Å². The SMILES string of the molecule is CCCCCCCCCCCCCCCC(=O)OCC(CC)(CC)CCCC.CCCCCCCCCCCCCCCCCC(=O)OC(CCCCCC)CCCCCCCCC. The molecule has 64 heavy (non-hydrogen) atoms. The maximum atomic E-state index is 12.5. The van der Waals surface area contributed by atoms with Crippen molar-refractivity contribution in [2.75, 3.05) is 6.61 Å². The molecule has 384 valence electrons. The lowest BCUT2D eigenvalue weighted by atomic mass is 9.78. The lowest BCUT2D eigenvalue weighted by Gasteiger charge is -2.31. The zero-order valence-electron chi connectivity index (χ0n) is 45.4. The number of hydrogen-bond acceptors (Lipinski definition) is 4. The van der Waals surface area contributed by atoms with Gasteiger partial charge in [0, 0.05) is 18.3 Å². The van der Waals surface area contributed by atoms with Gasteiger partial charge in [0.25, 0.3) is 0 Å². The van der Waals surface area contributed by atoms with E-state index in [2.05, 4.69) is 48.5 Å². The van der Waals surface area contributed by atoms with Crippen molar-refractivity contribution in [3.8, 4) is 0 Å². The van der Waals surface area contributed by atoms with Crippen molar-refractivity contribution in [2.45, 2.75) is 363 Å². The molecular formula is C60H120O4. The van der Waals surface area contributed by atoms with Crippen molar-refractivity contribution in [2.24, 2.45) is 5.41 Å². The average molecular weight is 906 g/mol. The fraction of sp³-hybridized carbons (Fsp3) is 0.967. The Morgan fingerprint density at radius 1 is 0.328 bits per heavy atom. The second kappa shape index (κ2) is 54.5. The zero-order valence-corrected chi connectivity index (χ0v) is 45.4. The van der Waals surface area contributed by atoms with E-state index in [-0.39, 0.29) is 23.5 Å². The molecule has 4 heteroatoms. The molecule has 0 aliphatic rings. The van der Waals surface area contributed by atoms with Crippen molar-refractivity contribution in [1.29, 1.82) is 0 Å². The van der Waals surface area contributed by atoms with E-state index in [0.717, 1.165) is 38.5 Å². The van der Waals surface area contributed by atoms with E-state index in [1.807, 2.05) is 0 Å². The van der Waals surface area contributed by atoms with Gasteiger partial charge in [0.1, 0.15) is 6.10 Å². The van der Waals surface area contributed by atoms with Gasteiger partial charge in [0.15, 0.2) is 0 Å². The predicted molar refractivity (Wildman–Crippen MR) is 285 cm³/mol. The van der Waals surface area contributed by atoms with Gasteiger partial charge in [-0.05, 0) is 57.8 Å². The standard InChI is InChI=1S/C34H68O2.C26H52O2/c1-4-7-10-13-15-16-17-18-19-20-21-22-24-26-29-32-34(35)36-33(30-27-12-9-6-3)31-28-25-23-14-11-8-5-2;1-5-9-11-12-13-14-15-16-17-18-19-20-21-22-25(27)28-24-26(7-3,8-4)23-10-6-2/h33H,4-32H2,1-3H3;5-24H2,1-4H3. The molecule has 0 heterocycles. The van der Waals surface area contributed by atoms with Crippen LogP contribution in [0.4, 0.5) is 0 Å². The van der Waals surface area contributed by atoms with Gasteiger partial charge in [0.05, 0.1) is 6.61 Å². The van der Waals surface area contributed by atoms with Gasteiger partial charge in [-0.15, -0.1) is 0 Å². The number of ether oxygens (including phenoxy) is 2. The summed E-state index contributed by atoms with van der Waals surface area (Å²) in [5.74, 6) is 0.0824. The number of esters is 2. The summed E-state index contributed by atoms with van der Waals surface area (Å²) < 4.78 is 11.6. The van der Waals surface area contributed by atoms with E-state index in [1.54, 1.807) is 0 Å². The molecule has 0 aromatic heterocycles. The Hall–Kier alpha value is -1.06. The van der Waals surface area contributed by atoms with E-state index in [9.17, 15) is 9.59 Å². The molecule has 0 aromatic rings. The largest absolute Gasteiger partial charge is 0.465 e. The Kier molecular flexibility index (Phi) is 55.4. The highest BCUT2D eigenvalue weighted by molar-refractivity contribution is 5.69. The molecule has 1 unspecified atom stereocenters. The summed E-state index contributed by atoms with van der Waals surface area (Å²) in [6.45, 7) is 16.4. The molecule has 0 fully saturated rings. The monoisotopic (exact) mass is 905 g/mol. The molecule has 0 saturated heterocycles. The van der Waals surface area contributed by atoms with Gasteiger partial charge < -0.3 is 9.47 Å². The van der Waals surface area contributed by atoms with Gasteiger partial charge in [0.2, 0.25) is 0 Å². The van der Waals surface area contributed by atoms with Crippen LogP contribution in [0.15, 0.2) is 0 Å². The number of rotatable bonds is 51. The molecule has 0 aliphatic heterocycles. The third-order valence-electron chi connectivity index (χ3n) is 14.4.